The van der Waals surface area contributed by atoms with Crippen molar-refractivity contribution in [3.63, 3.8) is 0 Å². The third-order valence-electron chi connectivity index (χ3n) is 7.40. The third kappa shape index (κ3) is 7.98. The van der Waals surface area contributed by atoms with Crippen LogP contribution in [-0.4, -0.2) is 43.8 Å². The average molecular weight is 651 g/mol. The van der Waals surface area contributed by atoms with Crippen LogP contribution in [0.3, 0.4) is 0 Å². The number of benzene rings is 3. The molecule has 1 aliphatic rings. The lowest BCUT2D eigenvalue weighted by Crippen LogP contribution is -2.54. The molecule has 1 aliphatic carbocycles. The van der Waals surface area contributed by atoms with Crippen LogP contribution in [0, 0.1) is 0 Å². The Labute approximate surface area is 262 Å². The molecule has 0 aromatic heterocycles. The van der Waals surface area contributed by atoms with Crippen LogP contribution in [0.4, 0.5) is 5.69 Å². The summed E-state index contributed by atoms with van der Waals surface area (Å²) < 4.78 is 28.8. The van der Waals surface area contributed by atoms with E-state index in [0.717, 1.165) is 42.0 Å². The Morgan fingerprint density at radius 1 is 0.905 bits per heavy atom. The fraction of sp³-hybridized carbons (Fsp3) is 0.355. The molecule has 2 amide bonds. The van der Waals surface area contributed by atoms with E-state index >= 15 is 0 Å². The van der Waals surface area contributed by atoms with Crippen LogP contribution in [0.25, 0.3) is 0 Å². The largest absolute Gasteiger partial charge is 0.352 e. The molecule has 1 saturated carbocycles. The fourth-order valence-electron chi connectivity index (χ4n) is 5.14. The average Bonchev–Trinajstić information content (AvgIpc) is 2.99. The molecule has 11 heteroatoms. The first-order valence-electron chi connectivity index (χ1n) is 14.0. The summed E-state index contributed by atoms with van der Waals surface area (Å²) in [6, 6.07) is 18.5. The van der Waals surface area contributed by atoms with Gasteiger partial charge < -0.3 is 10.2 Å². The molecule has 0 heterocycles. The lowest BCUT2D eigenvalue weighted by molar-refractivity contribution is -0.140. The van der Waals surface area contributed by atoms with Crippen molar-refractivity contribution in [2.45, 2.75) is 69.0 Å². The van der Waals surface area contributed by atoms with Crippen molar-refractivity contribution in [3.05, 3.63) is 93.4 Å². The molecular formula is C31H34Cl3N3O4S. The van der Waals surface area contributed by atoms with Gasteiger partial charge in [0.1, 0.15) is 12.6 Å². The van der Waals surface area contributed by atoms with E-state index in [1.165, 1.54) is 35.2 Å². The molecule has 0 spiro atoms. The standard InChI is InChI=1S/C31H34Cl3N3O4S/c1-2-29(31(39)35-24-9-5-3-6-10-24)36(20-22-13-15-23(32)16-14-22)30(38)21-37(25-17-18-27(33)28(34)19-25)42(40,41)26-11-7-4-8-12-26/h4,7-8,11-19,24,29H,2-3,5-6,9-10,20-21H2,1H3,(H,35,39)/t29-/m0/s1. The maximum atomic E-state index is 14.2. The Hall–Kier alpha value is -2.78. The highest BCUT2D eigenvalue weighted by Crippen LogP contribution is 2.31. The zero-order valence-electron chi connectivity index (χ0n) is 23.3. The van der Waals surface area contributed by atoms with Gasteiger partial charge in [-0.25, -0.2) is 8.42 Å². The number of nitrogens with zero attached hydrogens (tertiary/aromatic N) is 2. The number of sulfonamides is 1. The maximum Gasteiger partial charge on any atom is 0.264 e. The second-order valence-corrected chi connectivity index (χ2v) is 13.5. The van der Waals surface area contributed by atoms with E-state index in [9.17, 15) is 18.0 Å². The van der Waals surface area contributed by atoms with Crippen LogP contribution < -0.4 is 9.62 Å². The molecule has 0 unspecified atom stereocenters. The van der Waals surface area contributed by atoms with Gasteiger partial charge in [-0.2, -0.15) is 0 Å². The number of carbonyl (C=O) groups excluding carboxylic acids is 2. The summed E-state index contributed by atoms with van der Waals surface area (Å²) in [7, 11) is -4.20. The molecule has 42 heavy (non-hydrogen) atoms. The molecule has 0 aliphatic heterocycles. The lowest BCUT2D eigenvalue weighted by atomic mass is 9.95. The Kier molecular flexibility index (Phi) is 11.2. The molecule has 1 N–H and O–H groups in total. The Morgan fingerprint density at radius 2 is 1.57 bits per heavy atom. The fourth-order valence-corrected chi connectivity index (χ4v) is 6.98. The number of nitrogens with one attached hydrogen (secondary N) is 1. The van der Waals surface area contributed by atoms with E-state index in [2.05, 4.69) is 5.32 Å². The van der Waals surface area contributed by atoms with E-state index < -0.39 is 28.5 Å². The van der Waals surface area contributed by atoms with Gasteiger partial charge in [0.15, 0.2) is 0 Å². The van der Waals surface area contributed by atoms with Crippen LogP contribution in [-0.2, 0) is 26.2 Å². The molecular weight excluding hydrogens is 617 g/mol. The lowest BCUT2D eigenvalue weighted by Gasteiger charge is -2.34. The minimum atomic E-state index is -4.20. The van der Waals surface area contributed by atoms with Gasteiger partial charge in [-0.3, -0.25) is 13.9 Å². The van der Waals surface area contributed by atoms with E-state index in [4.69, 9.17) is 34.8 Å². The van der Waals surface area contributed by atoms with Crippen LogP contribution in [0.5, 0.6) is 0 Å². The van der Waals surface area contributed by atoms with Crippen molar-refractivity contribution in [2.24, 2.45) is 0 Å². The Balaban J connectivity index is 1.71. The molecule has 1 fully saturated rings. The van der Waals surface area contributed by atoms with E-state index in [1.807, 2.05) is 6.92 Å². The Morgan fingerprint density at radius 3 is 2.19 bits per heavy atom. The van der Waals surface area contributed by atoms with E-state index in [1.54, 1.807) is 42.5 Å². The second kappa shape index (κ2) is 14.6. The first kappa shape index (κ1) is 32.1. The normalized spacial score (nSPS) is 14.7. The predicted molar refractivity (Wildman–Crippen MR) is 169 cm³/mol. The van der Waals surface area contributed by atoms with Crippen molar-refractivity contribution < 1.29 is 18.0 Å². The van der Waals surface area contributed by atoms with Gasteiger partial charge in [-0.15, -0.1) is 0 Å². The smallest absolute Gasteiger partial charge is 0.264 e. The zero-order chi connectivity index (χ0) is 30.3. The minimum Gasteiger partial charge on any atom is -0.352 e. The van der Waals surface area contributed by atoms with Crippen LogP contribution >= 0.6 is 34.8 Å². The highest BCUT2D eigenvalue weighted by Gasteiger charge is 2.34. The number of halogens is 3. The predicted octanol–water partition coefficient (Wildman–Crippen LogP) is 7.10. The number of carbonyl (C=O) groups is 2. The monoisotopic (exact) mass is 649 g/mol. The minimum absolute atomic E-state index is 0.00945. The number of hydrogen-bond donors (Lipinski definition) is 1. The quantitative estimate of drug-likeness (QED) is 0.240. The van der Waals surface area contributed by atoms with Crippen molar-refractivity contribution >= 4 is 62.3 Å². The molecule has 3 aromatic rings. The first-order valence-corrected chi connectivity index (χ1v) is 16.5. The molecule has 3 aromatic carbocycles. The summed E-state index contributed by atoms with van der Waals surface area (Å²) in [5.74, 6) is -0.792. The SMILES string of the molecule is CC[C@@H](C(=O)NC1CCCCC1)N(Cc1ccc(Cl)cc1)C(=O)CN(c1ccc(Cl)c(Cl)c1)S(=O)(=O)c1ccccc1. The van der Waals surface area contributed by atoms with E-state index in [0.29, 0.717) is 11.4 Å². The summed E-state index contributed by atoms with van der Waals surface area (Å²) in [6.45, 7) is 1.37. The van der Waals surface area contributed by atoms with Gasteiger partial charge in [0.25, 0.3) is 10.0 Å². The van der Waals surface area contributed by atoms with Crippen molar-refractivity contribution in [2.75, 3.05) is 10.8 Å². The number of hydrogen-bond acceptors (Lipinski definition) is 4. The molecule has 1 atom stereocenters. The van der Waals surface area contributed by atoms with Gasteiger partial charge >= 0.3 is 0 Å². The van der Waals surface area contributed by atoms with Gasteiger partial charge in [0.2, 0.25) is 11.8 Å². The number of rotatable bonds is 11. The summed E-state index contributed by atoms with van der Waals surface area (Å²) in [5.41, 5.74) is 0.927. The summed E-state index contributed by atoms with van der Waals surface area (Å²) in [4.78, 5) is 29.2. The topological polar surface area (TPSA) is 86.8 Å². The van der Waals surface area contributed by atoms with Gasteiger partial charge in [0, 0.05) is 17.6 Å². The van der Waals surface area contributed by atoms with Crippen molar-refractivity contribution in [1.82, 2.24) is 10.2 Å². The molecule has 7 nitrogen and oxygen atoms in total. The zero-order valence-corrected chi connectivity index (χ0v) is 26.4. The third-order valence-corrected chi connectivity index (χ3v) is 10.2. The van der Waals surface area contributed by atoms with Crippen LogP contribution in [0.15, 0.2) is 77.7 Å². The highest BCUT2D eigenvalue weighted by molar-refractivity contribution is 7.92. The maximum absolute atomic E-state index is 14.2. The molecule has 0 saturated heterocycles. The number of amides is 2. The highest BCUT2D eigenvalue weighted by atomic mass is 35.5. The van der Waals surface area contributed by atoms with Gasteiger partial charge in [-0.1, -0.05) is 91.3 Å². The molecule has 4 rings (SSSR count). The van der Waals surface area contributed by atoms with E-state index in [-0.39, 0.29) is 39.1 Å². The van der Waals surface area contributed by atoms with Crippen molar-refractivity contribution in [3.8, 4) is 0 Å². The summed E-state index contributed by atoms with van der Waals surface area (Å²) in [6.07, 6.45) is 5.37. The summed E-state index contributed by atoms with van der Waals surface area (Å²) in [5, 5.41) is 4.07. The summed E-state index contributed by atoms with van der Waals surface area (Å²) >= 11 is 18.5. The molecule has 0 bridgehead atoms. The van der Waals surface area contributed by atoms with Crippen molar-refractivity contribution in [1.29, 1.82) is 0 Å². The molecule has 0 radical (unpaired) electrons. The second-order valence-electron chi connectivity index (χ2n) is 10.3. The molecule has 224 valence electrons. The van der Waals surface area contributed by atoms with Crippen LogP contribution in [0.2, 0.25) is 15.1 Å². The van der Waals surface area contributed by atoms with Crippen LogP contribution in [0.1, 0.15) is 51.0 Å². The first-order chi connectivity index (χ1) is 20.1. The number of anilines is 1. The Bertz CT molecular complexity index is 1480. The van der Waals surface area contributed by atoms with Gasteiger partial charge in [0.05, 0.1) is 20.6 Å². The van der Waals surface area contributed by atoms with Gasteiger partial charge in [-0.05, 0) is 67.3 Å².